The number of hydrogen-bond acceptors (Lipinski definition) is 4. The fourth-order valence-electron chi connectivity index (χ4n) is 4.85. The molecule has 7 nitrogen and oxygen atoms in total. The molecular formula is C24H33N3O4. The first-order valence-electron chi connectivity index (χ1n) is 11.3. The van der Waals surface area contributed by atoms with Gasteiger partial charge in [-0.3, -0.25) is 9.58 Å². The highest BCUT2D eigenvalue weighted by atomic mass is 16.5. The van der Waals surface area contributed by atoms with Gasteiger partial charge >= 0.3 is 6.09 Å². The van der Waals surface area contributed by atoms with E-state index in [0.717, 1.165) is 41.0 Å². The van der Waals surface area contributed by atoms with Crippen molar-refractivity contribution in [1.82, 2.24) is 9.78 Å². The minimum atomic E-state index is -0.930. The topological polar surface area (TPSA) is 87.8 Å². The molecule has 31 heavy (non-hydrogen) atoms. The van der Waals surface area contributed by atoms with Crippen LogP contribution < -0.4 is 9.64 Å². The number of hydrogen-bond donors (Lipinski definition) is 2. The van der Waals surface area contributed by atoms with E-state index in [1.54, 1.807) is 24.7 Å². The summed E-state index contributed by atoms with van der Waals surface area (Å²) in [4.78, 5) is 13.4. The van der Waals surface area contributed by atoms with Crippen LogP contribution >= 0.6 is 0 Å². The Balaban J connectivity index is 1.73. The third-order valence-electron chi connectivity index (χ3n) is 6.39. The summed E-state index contributed by atoms with van der Waals surface area (Å²) in [6, 6.07) is 3.78. The molecule has 1 saturated carbocycles. The zero-order valence-electron chi connectivity index (χ0n) is 18.7. The second-order valence-corrected chi connectivity index (χ2v) is 9.68. The largest absolute Gasteiger partial charge is 0.492 e. The fourth-order valence-corrected chi connectivity index (χ4v) is 4.85. The summed E-state index contributed by atoms with van der Waals surface area (Å²) >= 11 is 0. The van der Waals surface area contributed by atoms with Crippen LogP contribution in [0.4, 0.5) is 10.5 Å². The number of ether oxygens (including phenoxy) is 1. The molecule has 1 amide bonds. The Hall–Kier alpha value is -2.54. The Bertz CT molecular complexity index is 941. The molecule has 0 unspecified atom stereocenters. The number of nitrogens with zero attached hydrogens (tertiary/aromatic N) is 3. The number of anilines is 1. The molecule has 4 rings (SSSR count). The molecule has 2 heterocycles. The van der Waals surface area contributed by atoms with Crippen LogP contribution in [-0.4, -0.2) is 44.3 Å². The Labute approximate surface area is 183 Å². The molecule has 0 spiro atoms. The third kappa shape index (κ3) is 4.71. The van der Waals surface area contributed by atoms with Gasteiger partial charge in [-0.15, -0.1) is 0 Å². The average Bonchev–Trinajstić information content (AvgIpc) is 3.36. The number of aliphatic hydroxyl groups is 1. The number of amides is 1. The first-order valence-corrected chi connectivity index (χ1v) is 11.3. The normalized spacial score (nSPS) is 19.5. The maximum atomic E-state index is 11.9. The average molecular weight is 428 g/mol. The number of fused-ring (bicyclic) bond motifs is 1. The molecule has 1 aromatic heterocycles. The van der Waals surface area contributed by atoms with Crippen molar-refractivity contribution < 1.29 is 19.7 Å². The van der Waals surface area contributed by atoms with Crippen molar-refractivity contribution in [3.63, 3.8) is 0 Å². The second-order valence-electron chi connectivity index (χ2n) is 9.68. The zero-order valence-corrected chi connectivity index (χ0v) is 18.7. The van der Waals surface area contributed by atoms with Gasteiger partial charge in [0.1, 0.15) is 5.75 Å². The first-order chi connectivity index (χ1) is 14.7. The molecule has 1 aliphatic carbocycles. The maximum absolute atomic E-state index is 11.9. The van der Waals surface area contributed by atoms with Crippen molar-refractivity contribution in [3.8, 4) is 16.9 Å². The number of benzene rings is 1. The lowest BCUT2D eigenvalue weighted by Gasteiger charge is -2.34. The Morgan fingerprint density at radius 3 is 2.68 bits per heavy atom. The van der Waals surface area contributed by atoms with E-state index in [4.69, 9.17) is 4.74 Å². The predicted octanol–water partition coefficient (Wildman–Crippen LogP) is 4.71. The van der Waals surface area contributed by atoms with E-state index < -0.39 is 11.7 Å². The number of carboxylic acid groups (broad SMARTS) is 1. The highest BCUT2D eigenvalue weighted by molar-refractivity contribution is 5.91. The maximum Gasteiger partial charge on any atom is 0.412 e. The molecule has 2 N–H and O–H groups in total. The summed E-state index contributed by atoms with van der Waals surface area (Å²) in [7, 11) is 0. The van der Waals surface area contributed by atoms with Crippen molar-refractivity contribution in [2.75, 3.05) is 11.5 Å². The van der Waals surface area contributed by atoms with Gasteiger partial charge in [-0.05, 0) is 64.5 Å². The number of rotatable bonds is 6. The van der Waals surface area contributed by atoms with Gasteiger partial charge < -0.3 is 14.9 Å². The molecular weight excluding hydrogens is 394 g/mol. The SMILES string of the molecule is C[C@H]1CCc2c(ccc(-c3cnn(CC(C)(C)O)c3)c2OCC2CCCC2)N1C(=O)O. The standard InChI is InChI=1S/C24H33N3O4/c1-16-8-9-20-21(27(16)23(28)29)11-10-19(22(20)31-14-17-6-4-5-7-17)18-12-25-26(13-18)15-24(2,3)30/h10-13,16-17,30H,4-9,14-15H2,1-3H3,(H,28,29)/t16-/m0/s1. The molecule has 1 atom stereocenters. The molecule has 1 fully saturated rings. The van der Waals surface area contributed by atoms with Gasteiger partial charge in [0.2, 0.25) is 0 Å². The molecule has 7 heteroatoms. The van der Waals surface area contributed by atoms with Crippen molar-refractivity contribution >= 4 is 11.8 Å². The lowest BCUT2D eigenvalue weighted by atomic mass is 9.92. The Kier molecular flexibility index (Phi) is 5.97. The van der Waals surface area contributed by atoms with Crippen LogP contribution in [0.2, 0.25) is 0 Å². The van der Waals surface area contributed by atoms with Crippen molar-refractivity contribution in [3.05, 3.63) is 30.1 Å². The Morgan fingerprint density at radius 1 is 1.26 bits per heavy atom. The van der Waals surface area contributed by atoms with Gasteiger partial charge in [0.05, 0.1) is 30.6 Å². The van der Waals surface area contributed by atoms with Gasteiger partial charge in [0.25, 0.3) is 0 Å². The van der Waals surface area contributed by atoms with Gasteiger partial charge in [-0.1, -0.05) is 12.8 Å². The van der Waals surface area contributed by atoms with Gasteiger partial charge in [0, 0.05) is 28.9 Å². The van der Waals surface area contributed by atoms with Crippen LogP contribution in [-0.2, 0) is 13.0 Å². The van der Waals surface area contributed by atoms with Crippen molar-refractivity contribution in [2.24, 2.45) is 5.92 Å². The van der Waals surface area contributed by atoms with E-state index in [9.17, 15) is 15.0 Å². The monoisotopic (exact) mass is 427 g/mol. The lowest BCUT2D eigenvalue weighted by molar-refractivity contribution is 0.0577. The van der Waals surface area contributed by atoms with Crippen LogP contribution in [0.25, 0.3) is 11.1 Å². The van der Waals surface area contributed by atoms with Gasteiger partial charge in [0.15, 0.2) is 0 Å². The van der Waals surface area contributed by atoms with E-state index in [-0.39, 0.29) is 6.04 Å². The van der Waals surface area contributed by atoms with E-state index in [1.165, 1.54) is 30.6 Å². The molecule has 0 saturated heterocycles. The minimum Gasteiger partial charge on any atom is -0.492 e. The van der Waals surface area contributed by atoms with Gasteiger partial charge in [-0.25, -0.2) is 4.79 Å². The first kappa shape index (κ1) is 21.7. The van der Waals surface area contributed by atoms with E-state index in [1.807, 2.05) is 25.3 Å². The number of carbonyl (C=O) groups is 1. The summed E-state index contributed by atoms with van der Waals surface area (Å²) in [5, 5.41) is 24.3. The zero-order chi connectivity index (χ0) is 22.2. The summed E-state index contributed by atoms with van der Waals surface area (Å²) in [5.74, 6) is 1.34. The predicted molar refractivity (Wildman–Crippen MR) is 120 cm³/mol. The summed E-state index contributed by atoms with van der Waals surface area (Å²) in [6.07, 6.45) is 9.20. The van der Waals surface area contributed by atoms with Crippen LogP contribution in [0.3, 0.4) is 0 Å². The van der Waals surface area contributed by atoms with Crippen molar-refractivity contribution in [2.45, 2.75) is 77.5 Å². The van der Waals surface area contributed by atoms with Gasteiger partial charge in [-0.2, -0.15) is 5.10 Å². The lowest BCUT2D eigenvalue weighted by Crippen LogP contribution is -2.41. The molecule has 168 valence electrons. The molecule has 2 aliphatic rings. The quantitative estimate of drug-likeness (QED) is 0.697. The fraction of sp³-hybridized carbons (Fsp3) is 0.583. The van der Waals surface area contributed by atoms with E-state index in [0.29, 0.717) is 19.1 Å². The molecule has 0 bridgehead atoms. The summed E-state index contributed by atoms with van der Waals surface area (Å²) in [5.41, 5.74) is 2.66. The highest BCUT2D eigenvalue weighted by Gasteiger charge is 2.32. The van der Waals surface area contributed by atoms with E-state index in [2.05, 4.69) is 5.10 Å². The molecule has 0 radical (unpaired) electrons. The van der Waals surface area contributed by atoms with Crippen molar-refractivity contribution in [1.29, 1.82) is 0 Å². The van der Waals surface area contributed by atoms with Crippen LogP contribution in [0.5, 0.6) is 5.75 Å². The highest BCUT2D eigenvalue weighted by Crippen LogP contribution is 2.43. The number of aromatic nitrogens is 2. The van der Waals surface area contributed by atoms with E-state index >= 15 is 0 Å². The molecule has 2 aromatic rings. The third-order valence-corrected chi connectivity index (χ3v) is 6.39. The molecule has 1 aliphatic heterocycles. The Morgan fingerprint density at radius 2 is 2.00 bits per heavy atom. The smallest absolute Gasteiger partial charge is 0.412 e. The molecule has 1 aromatic carbocycles. The summed E-state index contributed by atoms with van der Waals surface area (Å²) in [6.45, 7) is 6.51. The van der Waals surface area contributed by atoms with Crippen LogP contribution in [0.1, 0.15) is 58.4 Å². The van der Waals surface area contributed by atoms with Crippen LogP contribution in [0, 0.1) is 5.92 Å². The second kappa shape index (κ2) is 8.54. The van der Waals surface area contributed by atoms with Crippen LogP contribution in [0.15, 0.2) is 24.5 Å². The summed E-state index contributed by atoms with van der Waals surface area (Å²) < 4.78 is 8.18. The minimum absolute atomic E-state index is 0.0620.